The van der Waals surface area contributed by atoms with Crippen LogP contribution in [0.2, 0.25) is 0 Å². The normalized spacial score (nSPS) is 15.6. The van der Waals surface area contributed by atoms with Crippen LogP contribution >= 0.6 is 0 Å². The first-order valence-corrected chi connectivity index (χ1v) is 13.1. The monoisotopic (exact) mass is 537 g/mol. The quantitative estimate of drug-likeness (QED) is 0.298. The first-order chi connectivity index (χ1) is 18.8. The molecule has 4 heterocycles. The highest BCUT2D eigenvalue weighted by atomic mass is 19.3. The first kappa shape index (κ1) is 26.9. The average Bonchev–Trinajstić information content (AvgIpc) is 3.30. The maximum absolute atomic E-state index is 13.5. The molecule has 1 aliphatic heterocycles. The van der Waals surface area contributed by atoms with Gasteiger partial charge in [-0.15, -0.1) is 0 Å². The molecule has 4 aromatic rings. The van der Waals surface area contributed by atoms with Gasteiger partial charge in [0, 0.05) is 57.5 Å². The van der Waals surface area contributed by atoms with Crippen molar-refractivity contribution < 1.29 is 18.3 Å². The van der Waals surface area contributed by atoms with E-state index in [0.717, 1.165) is 28.7 Å². The molecule has 2 N–H and O–H groups in total. The lowest BCUT2D eigenvalue weighted by Crippen LogP contribution is -2.38. The predicted octanol–water partition coefficient (Wildman–Crippen LogP) is 4.34. The summed E-state index contributed by atoms with van der Waals surface area (Å²) in [4.78, 5) is 20.2. The summed E-state index contributed by atoms with van der Waals surface area (Å²) in [5.41, 5.74) is 11.4. The molecule has 0 amide bonds. The number of rotatable bonds is 10. The maximum atomic E-state index is 13.5. The van der Waals surface area contributed by atoms with Crippen LogP contribution in [0.15, 0.2) is 42.7 Å². The van der Waals surface area contributed by atoms with Crippen molar-refractivity contribution in [1.82, 2.24) is 29.4 Å². The van der Waals surface area contributed by atoms with Crippen LogP contribution in [0.1, 0.15) is 36.5 Å². The molecule has 3 aromatic heterocycles. The lowest BCUT2D eigenvalue weighted by atomic mass is 10.1. The van der Waals surface area contributed by atoms with E-state index in [1.165, 1.54) is 0 Å². The summed E-state index contributed by atoms with van der Waals surface area (Å²) in [6, 6.07) is 10.4. The van der Waals surface area contributed by atoms with Crippen LogP contribution in [0.4, 0.5) is 14.6 Å². The fourth-order valence-corrected chi connectivity index (χ4v) is 4.68. The molecule has 0 bridgehead atoms. The van der Waals surface area contributed by atoms with Crippen molar-refractivity contribution in [2.24, 2.45) is 0 Å². The summed E-state index contributed by atoms with van der Waals surface area (Å²) >= 11 is 0. The van der Waals surface area contributed by atoms with Crippen LogP contribution in [0, 0.1) is 0 Å². The Morgan fingerprint density at radius 3 is 2.36 bits per heavy atom. The molecule has 1 aromatic carbocycles. The number of fused-ring (bicyclic) bond motifs is 1. The van der Waals surface area contributed by atoms with Gasteiger partial charge in [-0.1, -0.05) is 31.2 Å². The molecule has 0 atom stereocenters. The zero-order valence-electron chi connectivity index (χ0n) is 22.2. The number of anilines is 1. The highest BCUT2D eigenvalue weighted by Crippen LogP contribution is 2.30. The molecular formula is C28H33F2N7O2. The van der Waals surface area contributed by atoms with Crippen molar-refractivity contribution in [2.75, 3.05) is 39.1 Å². The molecule has 0 aliphatic carbocycles. The number of nitrogen functional groups attached to an aromatic ring is 1. The number of nitrogens with two attached hydrogens (primary N) is 1. The highest BCUT2D eigenvalue weighted by molar-refractivity contribution is 5.86. The number of hydrogen-bond acceptors (Lipinski definition) is 8. The minimum absolute atomic E-state index is 0.0855. The largest absolute Gasteiger partial charge is 0.461 e. The van der Waals surface area contributed by atoms with Gasteiger partial charge in [0.1, 0.15) is 12.4 Å². The van der Waals surface area contributed by atoms with Crippen molar-refractivity contribution >= 4 is 17.0 Å². The SMILES string of the molecule is CCc1cncc(-c2nc3c(N)nc(OCCOC)nc3n2Cc2ccc(CN3CCC(F)(F)CC3)cc2)c1. The van der Waals surface area contributed by atoms with Crippen LogP contribution in [0.3, 0.4) is 0 Å². The van der Waals surface area contributed by atoms with Gasteiger partial charge in [-0.05, 0) is 29.2 Å². The van der Waals surface area contributed by atoms with Gasteiger partial charge in [-0.3, -0.25) is 9.88 Å². The van der Waals surface area contributed by atoms with Gasteiger partial charge in [0.05, 0.1) is 13.2 Å². The number of halogens is 2. The number of alkyl halides is 2. The number of benzene rings is 1. The minimum atomic E-state index is -2.54. The minimum Gasteiger partial charge on any atom is -0.461 e. The lowest BCUT2D eigenvalue weighted by Gasteiger charge is -2.31. The Balaban J connectivity index is 1.45. The van der Waals surface area contributed by atoms with E-state index in [1.807, 2.05) is 35.0 Å². The van der Waals surface area contributed by atoms with Crippen LogP contribution in [-0.4, -0.2) is 68.7 Å². The van der Waals surface area contributed by atoms with Crippen molar-refractivity contribution in [3.05, 3.63) is 59.4 Å². The summed E-state index contributed by atoms with van der Waals surface area (Å²) in [6.07, 6.45) is 4.29. The number of piperidine rings is 1. The third-order valence-corrected chi connectivity index (χ3v) is 6.94. The molecule has 11 heteroatoms. The maximum Gasteiger partial charge on any atom is 0.320 e. The average molecular weight is 538 g/mol. The predicted molar refractivity (Wildman–Crippen MR) is 145 cm³/mol. The Kier molecular flexibility index (Phi) is 7.99. The molecular weight excluding hydrogens is 504 g/mol. The Bertz CT molecular complexity index is 1420. The van der Waals surface area contributed by atoms with Crippen LogP contribution in [-0.2, 0) is 24.2 Å². The van der Waals surface area contributed by atoms with E-state index in [2.05, 4.69) is 32.8 Å². The van der Waals surface area contributed by atoms with Crippen LogP contribution < -0.4 is 10.5 Å². The number of nitrogens with zero attached hydrogens (tertiary/aromatic N) is 6. The Labute approximate surface area is 226 Å². The zero-order valence-corrected chi connectivity index (χ0v) is 22.2. The number of aromatic nitrogens is 5. The van der Waals surface area contributed by atoms with E-state index in [0.29, 0.717) is 56.4 Å². The smallest absolute Gasteiger partial charge is 0.320 e. The van der Waals surface area contributed by atoms with Crippen LogP contribution in [0.25, 0.3) is 22.6 Å². The van der Waals surface area contributed by atoms with E-state index in [-0.39, 0.29) is 24.7 Å². The number of pyridine rings is 1. The Hall–Kier alpha value is -3.70. The number of imidazole rings is 1. The van der Waals surface area contributed by atoms with Gasteiger partial charge in [-0.2, -0.15) is 9.97 Å². The summed E-state index contributed by atoms with van der Waals surface area (Å²) in [6.45, 7) is 4.70. The first-order valence-electron chi connectivity index (χ1n) is 13.1. The van der Waals surface area contributed by atoms with Gasteiger partial charge in [0.15, 0.2) is 17.0 Å². The molecule has 1 fully saturated rings. The second-order valence-corrected chi connectivity index (χ2v) is 9.81. The van der Waals surface area contributed by atoms with Crippen molar-refractivity contribution in [1.29, 1.82) is 0 Å². The third-order valence-electron chi connectivity index (χ3n) is 6.94. The van der Waals surface area contributed by atoms with Gasteiger partial charge in [-0.25, -0.2) is 13.8 Å². The van der Waals surface area contributed by atoms with E-state index >= 15 is 0 Å². The third kappa shape index (κ3) is 6.31. The van der Waals surface area contributed by atoms with Gasteiger partial charge in [0.25, 0.3) is 5.92 Å². The van der Waals surface area contributed by atoms with E-state index in [4.69, 9.17) is 20.2 Å². The number of aryl methyl sites for hydroxylation is 1. The van der Waals surface area contributed by atoms with E-state index < -0.39 is 5.92 Å². The van der Waals surface area contributed by atoms with Gasteiger partial charge in [0.2, 0.25) is 0 Å². The number of hydrogen-bond donors (Lipinski definition) is 1. The molecule has 39 heavy (non-hydrogen) atoms. The van der Waals surface area contributed by atoms with E-state index in [9.17, 15) is 8.78 Å². The Morgan fingerprint density at radius 1 is 0.949 bits per heavy atom. The summed E-state index contributed by atoms with van der Waals surface area (Å²) < 4.78 is 39.8. The molecule has 0 unspecified atom stereocenters. The number of methoxy groups -OCH3 is 1. The van der Waals surface area contributed by atoms with Crippen molar-refractivity contribution in [3.8, 4) is 17.4 Å². The lowest BCUT2D eigenvalue weighted by molar-refractivity contribution is -0.0566. The molecule has 0 spiro atoms. The topological polar surface area (TPSA) is 104 Å². The molecule has 5 rings (SSSR count). The fourth-order valence-electron chi connectivity index (χ4n) is 4.68. The fraction of sp³-hybridized carbons (Fsp3) is 0.429. The van der Waals surface area contributed by atoms with Crippen molar-refractivity contribution in [3.63, 3.8) is 0 Å². The molecule has 206 valence electrons. The Morgan fingerprint density at radius 2 is 1.67 bits per heavy atom. The van der Waals surface area contributed by atoms with Crippen LogP contribution in [0.5, 0.6) is 6.01 Å². The molecule has 1 saturated heterocycles. The standard InChI is InChI=1S/C28H33F2N7O2/c1-3-19-14-22(16-32-15-19)25-33-23-24(31)34-27(39-13-12-38-2)35-26(23)37(25)18-21-6-4-20(5-7-21)17-36-10-8-28(29,30)9-11-36/h4-7,14-16H,3,8-13,17-18H2,1-2H3,(H2,31,34,35). The number of likely N-dealkylation sites (tertiary alicyclic amines) is 1. The molecule has 9 nitrogen and oxygen atoms in total. The van der Waals surface area contributed by atoms with Crippen molar-refractivity contribution in [2.45, 2.75) is 45.2 Å². The highest BCUT2D eigenvalue weighted by Gasteiger charge is 2.33. The summed E-state index contributed by atoms with van der Waals surface area (Å²) in [5.74, 6) is -1.63. The molecule has 0 saturated carbocycles. The zero-order chi connectivity index (χ0) is 27.4. The van der Waals surface area contributed by atoms with E-state index in [1.54, 1.807) is 13.3 Å². The van der Waals surface area contributed by atoms with Gasteiger partial charge < -0.3 is 19.8 Å². The second kappa shape index (κ2) is 11.6. The second-order valence-electron chi connectivity index (χ2n) is 9.81. The summed E-state index contributed by atoms with van der Waals surface area (Å²) in [7, 11) is 1.60. The molecule has 1 aliphatic rings. The summed E-state index contributed by atoms with van der Waals surface area (Å²) in [5, 5.41) is 0. The van der Waals surface area contributed by atoms with Gasteiger partial charge >= 0.3 is 6.01 Å². The number of ether oxygens (including phenoxy) is 2. The molecule has 0 radical (unpaired) electrons.